The highest BCUT2D eigenvalue weighted by Gasteiger charge is 2.49. The molecule has 0 aromatic rings. The number of hydrogen-bond donors (Lipinski definition) is 2. The molecule has 0 aliphatic carbocycles. The van der Waals surface area contributed by atoms with Crippen molar-refractivity contribution < 1.29 is 27.5 Å². The summed E-state index contributed by atoms with van der Waals surface area (Å²) < 4.78 is 41.6. The first-order valence-electron chi connectivity index (χ1n) is 1.37. The molecule has 0 amide bonds. The van der Waals surface area contributed by atoms with E-state index < -0.39 is 13.5 Å². The second-order valence-corrected chi connectivity index (χ2v) is 2.61. The van der Waals surface area contributed by atoms with Gasteiger partial charge in [0.2, 0.25) is 0 Å². The smallest absolute Gasteiger partial charge is 0.318 e. The molecular formula is CH4Cl2F3O3P. The number of rotatable bonds is 0. The minimum Gasteiger partial charge on any atom is -0.318 e. The lowest BCUT2D eigenvalue weighted by atomic mass is 11.6. The lowest BCUT2D eigenvalue weighted by Gasteiger charge is -2.05. The molecule has 0 aromatic carbocycles. The summed E-state index contributed by atoms with van der Waals surface area (Å²) in [6.07, 6.45) is 0. The van der Waals surface area contributed by atoms with Crippen molar-refractivity contribution in [2.75, 3.05) is 0 Å². The Kier molecular flexibility index (Phi) is 7.43. The molecule has 2 N–H and O–H groups in total. The second kappa shape index (κ2) is 4.41. The fourth-order valence-electron chi connectivity index (χ4n) is 0. The minimum atomic E-state index is -5.85. The van der Waals surface area contributed by atoms with Crippen LogP contribution in [0.3, 0.4) is 0 Å². The van der Waals surface area contributed by atoms with Crippen molar-refractivity contribution in [2.45, 2.75) is 5.92 Å². The lowest BCUT2D eigenvalue weighted by Crippen LogP contribution is -2.06. The standard InChI is InChI=1S/CH2F3O3P.2ClH/c2-1(3,4)8(5,6)7;;/h(H2,5,6,7);2*1H. The van der Waals surface area contributed by atoms with E-state index in [2.05, 4.69) is 0 Å². The predicted octanol–water partition coefficient (Wildman–Crippen LogP) is 1.53. The maximum absolute atomic E-state index is 10.8. The van der Waals surface area contributed by atoms with Gasteiger partial charge in [-0.25, -0.2) is 0 Å². The van der Waals surface area contributed by atoms with Crippen molar-refractivity contribution in [3.8, 4) is 0 Å². The average Bonchev–Trinajstić information content (AvgIpc) is 1.25. The van der Waals surface area contributed by atoms with Gasteiger partial charge in [0.1, 0.15) is 0 Å². The van der Waals surface area contributed by atoms with Gasteiger partial charge in [0.25, 0.3) is 0 Å². The molecule has 0 fully saturated rings. The molecule has 0 rings (SSSR count). The number of halogens is 5. The molecule has 9 heteroatoms. The van der Waals surface area contributed by atoms with Gasteiger partial charge in [0, 0.05) is 0 Å². The Hall–Kier alpha value is 0.520. The van der Waals surface area contributed by atoms with Crippen molar-refractivity contribution in [3.63, 3.8) is 0 Å². The van der Waals surface area contributed by atoms with Crippen LogP contribution < -0.4 is 0 Å². The fraction of sp³-hybridized carbons (Fsp3) is 1.00. The van der Waals surface area contributed by atoms with E-state index in [1.165, 1.54) is 0 Å². The average molecular weight is 223 g/mol. The van der Waals surface area contributed by atoms with Gasteiger partial charge in [-0.1, -0.05) is 0 Å². The second-order valence-electron chi connectivity index (χ2n) is 1.01. The minimum absolute atomic E-state index is 0. The van der Waals surface area contributed by atoms with E-state index in [4.69, 9.17) is 9.79 Å². The van der Waals surface area contributed by atoms with Crippen molar-refractivity contribution in [1.29, 1.82) is 0 Å². The predicted molar refractivity (Wildman–Crippen MR) is 32.6 cm³/mol. The first-order valence-corrected chi connectivity index (χ1v) is 2.99. The highest BCUT2D eigenvalue weighted by atomic mass is 35.5. The Labute approximate surface area is 66.6 Å². The molecule has 0 saturated carbocycles. The summed E-state index contributed by atoms with van der Waals surface area (Å²) >= 11 is 0. The summed E-state index contributed by atoms with van der Waals surface area (Å²) in [5.74, 6) is -5.40. The third kappa shape index (κ3) is 5.32. The Bertz CT molecular complexity index is 128. The first-order chi connectivity index (χ1) is 3.25. The summed E-state index contributed by atoms with van der Waals surface area (Å²) in [6.45, 7) is 0. The van der Waals surface area contributed by atoms with E-state index in [9.17, 15) is 17.7 Å². The van der Waals surface area contributed by atoms with Crippen LogP contribution in [0.4, 0.5) is 13.2 Å². The van der Waals surface area contributed by atoms with Gasteiger partial charge in [-0.05, 0) is 0 Å². The van der Waals surface area contributed by atoms with Gasteiger partial charge in [0.15, 0.2) is 0 Å². The summed E-state index contributed by atoms with van der Waals surface area (Å²) in [4.78, 5) is 14.7. The molecule has 0 atom stereocenters. The van der Waals surface area contributed by atoms with Crippen molar-refractivity contribution in [1.82, 2.24) is 0 Å². The van der Waals surface area contributed by atoms with E-state index in [0.717, 1.165) is 0 Å². The molecule has 3 nitrogen and oxygen atoms in total. The zero-order valence-electron chi connectivity index (χ0n) is 4.20. The topological polar surface area (TPSA) is 57.5 Å². The van der Waals surface area contributed by atoms with Gasteiger partial charge in [-0.15, -0.1) is 24.8 Å². The molecule has 0 saturated heterocycles. The van der Waals surface area contributed by atoms with Crippen LogP contribution in [-0.4, -0.2) is 15.7 Å². The van der Waals surface area contributed by atoms with Crippen LogP contribution in [0.25, 0.3) is 0 Å². The summed E-state index contributed by atoms with van der Waals surface area (Å²) in [6, 6.07) is 0. The monoisotopic (exact) mass is 222 g/mol. The maximum atomic E-state index is 10.8. The van der Waals surface area contributed by atoms with Crippen molar-refractivity contribution in [3.05, 3.63) is 0 Å². The van der Waals surface area contributed by atoms with Gasteiger partial charge in [-0.2, -0.15) is 13.2 Å². The number of alkyl halides is 3. The Morgan fingerprint density at radius 2 is 1.20 bits per heavy atom. The molecule has 0 unspecified atom stereocenters. The van der Waals surface area contributed by atoms with E-state index >= 15 is 0 Å². The molecular weight excluding hydrogens is 219 g/mol. The van der Waals surface area contributed by atoms with Crippen LogP contribution in [-0.2, 0) is 4.57 Å². The molecule has 0 aromatic heterocycles. The quantitative estimate of drug-likeness (QED) is 0.612. The van der Waals surface area contributed by atoms with Crippen LogP contribution in [0.5, 0.6) is 0 Å². The van der Waals surface area contributed by atoms with Crippen LogP contribution in [0.1, 0.15) is 0 Å². The zero-order chi connectivity index (χ0) is 7.00. The molecule has 66 valence electrons. The van der Waals surface area contributed by atoms with E-state index in [1.54, 1.807) is 0 Å². The van der Waals surface area contributed by atoms with Crippen molar-refractivity contribution in [2.24, 2.45) is 0 Å². The van der Waals surface area contributed by atoms with E-state index in [-0.39, 0.29) is 24.8 Å². The van der Waals surface area contributed by atoms with Crippen LogP contribution in [0.2, 0.25) is 0 Å². The molecule has 0 aliphatic rings. The molecule has 0 bridgehead atoms. The Balaban J connectivity index is -0.000000245. The van der Waals surface area contributed by atoms with Gasteiger partial charge in [0.05, 0.1) is 0 Å². The normalized spacial score (nSPS) is 11.3. The Morgan fingerprint density at radius 3 is 1.20 bits per heavy atom. The SMILES string of the molecule is Cl.Cl.O=P(O)(O)C(F)(F)F. The molecule has 0 heterocycles. The van der Waals surface area contributed by atoms with E-state index in [0.29, 0.717) is 0 Å². The van der Waals surface area contributed by atoms with Crippen LogP contribution in [0, 0.1) is 0 Å². The van der Waals surface area contributed by atoms with Crippen LogP contribution >= 0.6 is 32.4 Å². The first kappa shape index (κ1) is 16.9. The summed E-state index contributed by atoms with van der Waals surface area (Å²) in [5, 5.41) is 0. The van der Waals surface area contributed by atoms with Crippen molar-refractivity contribution >= 4 is 32.4 Å². The fourth-order valence-corrected chi connectivity index (χ4v) is 0. The third-order valence-electron chi connectivity index (χ3n) is 0.330. The summed E-state index contributed by atoms with van der Waals surface area (Å²) in [7, 11) is -5.85. The molecule has 0 aliphatic heterocycles. The molecule has 0 spiro atoms. The molecule has 10 heavy (non-hydrogen) atoms. The zero-order valence-corrected chi connectivity index (χ0v) is 6.73. The Morgan fingerprint density at radius 1 is 1.10 bits per heavy atom. The van der Waals surface area contributed by atoms with E-state index in [1.807, 2.05) is 0 Å². The van der Waals surface area contributed by atoms with Crippen LogP contribution in [0.15, 0.2) is 0 Å². The maximum Gasteiger partial charge on any atom is 0.493 e. The van der Waals surface area contributed by atoms with Gasteiger partial charge >= 0.3 is 13.5 Å². The van der Waals surface area contributed by atoms with Gasteiger partial charge < -0.3 is 9.79 Å². The lowest BCUT2D eigenvalue weighted by molar-refractivity contribution is -0.0661. The highest BCUT2D eigenvalue weighted by Crippen LogP contribution is 2.53. The third-order valence-corrected chi connectivity index (χ3v) is 0.991. The highest BCUT2D eigenvalue weighted by molar-refractivity contribution is 7.52. The number of hydrogen-bond acceptors (Lipinski definition) is 1. The largest absolute Gasteiger partial charge is 0.493 e. The van der Waals surface area contributed by atoms with Gasteiger partial charge in [-0.3, -0.25) is 4.57 Å². The molecule has 0 radical (unpaired) electrons. The summed E-state index contributed by atoms with van der Waals surface area (Å²) in [5.41, 5.74) is 0.